The molecule has 5 heteroatoms. The van der Waals surface area contributed by atoms with Gasteiger partial charge in [-0.3, -0.25) is 4.98 Å². The van der Waals surface area contributed by atoms with Crippen molar-refractivity contribution in [1.82, 2.24) is 10.3 Å². The van der Waals surface area contributed by atoms with Gasteiger partial charge in [-0.2, -0.15) is 0 Å². The fraction of sp³-hybridized carbons (Fsp3) is 0.500. The van der Waals surface area contributed by atoms with Crippen molar-refractivity contribution in [2.45, 2.75) is 38.3 Å². The van der Waals surface area contributed by atoms with Crippen molar-refractivity contribution in [3.63, 3.8) is 0 Å². The summed E-state index contributed by atoms with van der Waals surface area (Å²) < 4.78 is 5.80. The lowest BCUT2D eigenvalue weighted by molar-refractivity contribution is 0.181. The van der Waals surface area contributed by atoms with Gasteiger partial charge in [0.05, 0.1) is 13.2 Å². The lowest BCUT2D eigenvalue weighted by Crippen LogP contribution is -2.48. The summed E-state index contributed by atoms with van der Waals surface area (Å²) in [5.41, 5.74) is 3.72. The smallest absolute Gasteiger partial charge is 0.0623 e. The second-order valence-corrected chi connectivity index (χ2v) is 8.23. The number of rotatable bonds is 5. The van der Waals surface area contributed by atoms with Gasteiger partial charge in [0.25, 0.3) is 0 Å². The Balaban J connectivity index is 1.30. The second kappa shape index (κ2) is 8.59. The normalized spacial score (nSPS) is 23.7. The molecule has 2 fully saturated rings. The van der Waals surface area contributed by atoms with Crippen molar-refractivity contribution < 1.29 is 4.74 Å². The Morgan fingerprint density at radius 3 is 2.67 bits per heavy atom. The van der Waals surface area contributed by atoms with Crippen LogP contribution in [0.5, 0.6) is 0 Å². The minimum absolute atomic E-state index is 0.448. The number of anilines is 1. The number of nitrogens with one attached hydrogen (secondary N) is 1. The number of hydrogen-bond acceptors (Lipinski definition) is 4. The maximum atomic E-state index is 6.30. The number of nitrogens with zero attached hydrogens (tertiary/aromatic N) is 2. The topological polar surface area (TPSA) is 37.4 Å². The third-order valence-electron chi connectivity index (χ3n) is 5.91. The van der Waals surface area contributed by atoms with Gasteiger partial charge in [0.15, 0.2) is 0 Å². The Kier molecular flexibility index (Phi) is 5.96. The predicted molar refractivity (Wildman–Crippen MR) is 111 cm³/mol. The molecule has 2 atom stereocenters. The zero-order chi connectivity index (χ0) is 18.6. The fourth-order valence-corrected chi connectivity index (χ4v) is 4.37. The molecule has 144 valence electrons. The molecule has 27 heavy (non-hydrogen) atoms. The highest BCUT2D eigenvalue weighted by Crippen LogP contribution is 2.27. The molecule has 1 aromatic carbocycles. The summed E-state index contributed by atoms with van der Waals surface area (Å²) >= 11 is 6.30. The van der Waals surface area contributed by atoms with Gasteiger partial charge >= 0.3 is 0 Å². The predicted octanol–water partition coefficient (Wildman–Crippen LogP) is 3.86. The van der Waals surface area contributed by atoms with Crippen LogP contribution < -0.4 is 10.2 Å². The summed E-state index contributed by atoms with van der Waals surface area (Å²) in [5.74, 6) is 0.543. The van der Waals surface area contributed by atoms with Crippen LogP contribution in [0.15, 0.2) is 42.7 Å². The summed E-state index contributed by atoms with van der Waals surface area (Å²) in [4.78, 5) is 6.56. The molecule has 0 unspecified atom stereocenters. The first kappa shape index (κ1) is 18.7. The van der Waals surface area contributed by atoms with Crippen molar-refractivity contribution in [3.05, 3.63) is 58.9 Å². The summed E-state index contributed by atoms with van der Waals surface area (Å²) in [6, 6.07) is 11.6. The molecule has 0 saturated carbocycles. The van der Waals surface area contributed by atoms with Crippen molar-refractivity contribution in [2.24, 2.45) is 5.92 Å². The third-order valence-corrected chi connectivity index (χ3v) is 6.32. The molecular weight excluding hydrogens is 358 g/mol. The van der Waals surface area contributed by atoms with Crippen LogP contribution in [0.25, 0.3) is 0 Å². The van der Waals surface area contributed by atoms with Crippen LogP contribution in [-0.4, -0.2) is 43.4 Å². The van der Waals surface area contributed by atoms with Crippen LogP contribution in [0.3, 0.4) is 0 Å². The van der Waals surface area contributed by atoms with Gasteiger partial charge in [-0.25, -0.2) is 0 Å². The molecule has 0 spiro atoms. The van der Waals surface area contributed by atoms with E-state index in [0.717, 1.165) is 56.2 Å². The van der Waals surface area contributed by atoms with E-state index in [1.54, 1.807) is 0 Å². The highest BCUT2D eigenvalue weighted by Gasteiger charge is 2.31. The number of aromatic nitrogens is 1. The molecular formula is C22H28ClN3O. The average molecular weight is 386 g/mol. The zero-order valence-electron chi connectivity index (χ0n) is 15.9. The molecule has 2 aliphatic heterocycles. The van der Waals surface area contributed by atoms with E-state index >= 15 is 0 Å². The largest absolute Gasteiger partial charge is 0.379 e. The van der Waals surface area contributed by atoms with Crippen LogP contribution in [-0.2, 0) is 11.2 Å². The standard InChI is InChI=1S/C22H28ClN3O/c1-16-2-3-20(13-21(16)23)26-10-6-19(7-11-26)25-22-15-27-14-18(22)12-17-4-8-24-9-5-17/h2-5,8-9,13,18-19,22,25H,6-7,10-12,14-15H2,1H3/t18-,22-/m1/s1. The summed E-state index contributed by atoms with van der Waals surface area (Å²) in [6.07, 6.45) is 7.12. The van der Waals surface area contributed by atoms with E-state index in [1.807, 2.05) is 19.3 Å². The van der Waals surface area contributed by atoms with Gasteiger partial charge < -0.3 is 15.0 Å². The first-order valence-corrected chi connectivity index (χ1v) is 10.3. The van der Waals surface area contributed by atoms with Gasteiger partial charge in [0, 0.05) is 54.2 Å². The maximum absolute atomic E-state index is 6.30. The van der Waals surface area contributed by atoms with Crippen LogP contribution in [0.2, 0.25) is 5.02 Å². The molecule has 2 saturated heterocycles. The van der Waals surface area contributed by atoms with E-state index in [4.69, 9.17) is 16.3 Å². The molecule has 0 amide bonds. The van der Waals surface area contributed by atoms with Gasteiger partial charge in [-0.15, -0.1) is 0 Å². The molecule has 3 heterocycles. The highest BCUT2D eigenvalue weighted by atomic mass is 35.5. The Labute approximate surface area is 166 Å². The molecule has 2 aliphatic rings. The number of hydrogen-bond donors (Lipinski definition) is 1. The van der Waals surface area contributed by atoms with Crippen LogP contribution in [0, 0.1) is 12.8 Å². The zero-order valence-corrected chi connectivity index (χ0v) is 16.7. The monoisotopic (exact) mass is 385 g/mol. The number of benzene rings is 1. The number of piperidine rings is 1. The van der Waals surface area contributed by atoms with E-state index < -0.39 is 0 Å². The summed E-state index contributed by atoms with van der Waals surface area (Å²) in [6.45, 7) is 5.86. The summed E-state index contributed by atoms with van der Waals surface area (Å²) in [5, 5.41) is 4.74. The average Bonchev–Trinajstić information content (AvgIpc) is 3.12. The quantitative estimate of drug-likeness (QED) is 0.848. The van der Waals surface area contributed by atoms with E-state index in [1.165, 1.54) is 11.3 Å². The molecule has 4 rings (SSSR count). The lowest BCUT2D eigenvalue weighted by Gasteiger charge is -2.36. The molecule has 1 aromatic heterocycles. The van der Waals surface area contributed by atoms with Crippen molar-refractivity contribution >= 4 is 17.3 Å². The first-order valence-electron chi connectivity index (χ1n) is 9.93. The van der Waals surface area contributed by atoms with Crippen LogP contribution in [0.4, 0.5) is 5.69 Å². The Hall–Kier alpha value is -1.62. The third kappa shape index (κ3) is 4.63. The van der Waals surface area contributed by atoms with Crippen molar-refractivity contribution in [2.75, 3.05) is 31.2 Å². The van der Waals surface area contributed by atoms with Gasteiger partial charge in [-0.05, 0) is 61.6 Å². The number of aryl methyl sites for hydroxylation is 1. The van der Waals surface area contributed by atoms with Crippen LogP contribution in [0.1, 0.15) is 24.0 Å². The van der Waals surface area contributed by atoms with Crippen molar-refractivity contribution in [3.8, 4) is 0 Å². The Bertz CT molecular complexity index is 746. The first-order chi connectivity index (χ1) is 13.2. The SMILES string of the molecule is Cc1ccc(N2CCC(N[C@@H]3COC[C@H]3Cc3ccncc3)CC2)cc1Cl. The maximum Gasteiger partial charge on any atom is 0.0623 e. The molecule has 2 aromatic rings. The van der Waals surface area contributed by atoms with E-state index in [0.29, 0.717) is 18.0 Å². The Morgan fingerprint density at radius 1 is 1.15 bits per heavy atom. The molecule has 4 nitrogen and oxygen atoms in total. The number of pyridine rings is 1. The number of ether oxygens (including phenoxy) is 1. The van der Waals surface area contributed by atoms with Gasteiger partial charge in [0.2, 0.25) is 0 Å². The molecule has 0 radical (unpaired) electrons. The lowest BCUT2D eigenvalue weighted by atomic mass is 9.93. The van der Waals surface area contributed by atoms with Gasteiger partial charge in [0.1, 0.15) is 0 Å². The molecule has 1 N–H and O–H groups in total. The van der Waals surface area contributed by atoms with Gasteiger partial charge in [-0.1, -0.05) is 17.7 Å². The minimum Gasteiger partial charge on any atom is -0.379 e. The van der Waals surface area contributed by atoms with E-state index in [2.05, 4.69) is 45.5 Å². The molecule has 0 bridgehead atoms. The van der Waals surface area contributed by atoms with Crippen LogP contribution >= 0.6 is 11.6 Å². The summed E-state index contributed by atoms with van der Waals surface area (Å²) in [7, 11) is 0. The Morgan fingerprint density at radius 2 is 1.93 bits per heavy atom. The van der Waals surface area contributed by atoms with E-state index in [-0.39, 0.29) is 0 Å². The van der Waals surface area contributed by atoms with E-state index in [9.17, 15) is 0 Å². The highest BCUT2D eigenvalue weighted by molar-refractivity contribution is 6.31. The van der Waals surface area contributed by atoms with Crippen molar-refractivity contribution in [1.29, 1.82) is 0 Å². The number of halogens is 1. The molecule has 0 aliphatic carbocycles. The fourth-order valence-electron chi connectivity index (χ4n) is 4.19. The second-order valence-electron chi connectivity index (χ2n) is 7.83. The minimum atomic E-state index is 0.448.